The van der Waals surface area contributed by atoms with E-state index >= 15 is 0 Å². The Morgan fingerprint density at radius 2 is 1.85 bits per heavy atom. The standard InChI is InChI=1S/C20H26O6/c1-4-14(24-5-2)25-9(3)26-20(23)13-8-12-15-10-6-7-11(18(10)21)16(15)17(13)19(12)22/h6-7,9-17H,4-5,8H2,1-3H3. The van der Waals surface area contributed by atoms with E-state index < -0.39 is 18.5 Å². The van der Waals surface area contributed by atoms with Gasteiger partial charge in [-0.15, -0.1) is 0 Å². The first-order valence-electron chi connectivity index (χ1n) is 9.71. The number of fused-ring (bicyclic) bond motifs is 9. The van der Waals surface area contributed by atoms with Crippen molar-refractivity contribution in [3.8, 4) is 0 Å². The molecule has 4 bridgehead atoms. The summed E-state index contributed by atoms with van der Waals surface area (Å²) in [7, 11) is 0. The Morgan fingerprint density at radius 3 is 2.50 bits per heavy atom. The highest BCUT2D eigenvalue weighted by atomic mass is 16.8. The van der Waals surface area contributed by atoms with Crippen molar-refractivity contribution in [2.24, 2.45) is 41.4 Å². The number of ketones is 2. The van der Waals surface area contributed by atoms with Crippen LogP contribution < -0.4 is 0 Å². The summed E-state index contributed by atoms with van der Waals surface area (Å²) in [5.41, 5.74) is 0. The maximum atomic E-state index is 12.7. The van der Waals surface area contributed by atoms with Crippen molar-refractivity contribution in [1.29, 1.82) is 0 Å². The van der Waals surface area contributed by atoms with Crippen LogP contribution in [0.1, 0.15) is 33.6 Å². The molecule has 0 radical (unpaired) electrons. The molecule has 0 aromatic rings. The SMILES string of the molecule is CCOC(CC)OC(C)OC(=O)C1CC2C(=O)C1C1C3C=CC(C3=O)C21. The lowest BCUT2D eigenvalue weighted by Gasteiger charge is -2.33. The number of hydrogen-bond acceptors (Lipinski definition) is 6. The normalized spacial score (nSPS) is 41.6. The van der Waals surface area contributed by atoms with Crippen molar-refractivity contribution in [2.45, 2.75) is 46.2 Å². The lowest BCUT2D eigenvalue weighted by molar-refractivity contribution is -0.237. The summed E-state index contributed by atoms with van der Waals surface area (Å²) in [6.07, 6.45) is 3.91. The van der Waals surface area contributed by atoms with Crippen LogP contribution in [0.2, 0.25) is 0 Å². The predicted molar refractivity (Wildman–Crippen MR) is 90.5 cm³/mol. The molecule has 0 saturated heterocycles. The third-order valence-corrected chi connectivity index (χ3v) is 6.59. The van der Waals surface area contributed by atoms with Crippen molar-refractivity contribution in [1.82, 2.24) is 0 Å². The first-order valence-corrected chi connectivity index (χ1v) is 9.71. The minimum Gasteiger partial charge on any atom is -0.436 e. The summed E-state index contributed by atoms with van der Waals surface area (Å²) in [6.45, 7) is 6.00. The van der Waals surface area contributed by atoms with Crippen LogP contribution in [0.4, 0.5) is 0 Å². The molecule has 6 nitrogen and oxygen atoms in total. The van der Waals surface area contributed by atoms with Gasteiger partial charge >= 0.3 is 5.97 Å². The minimum absolute atomic E-state index is 0.00987. The lowest BCUT2D eigenvalue weighted by Crippen LogP contribution is -2.37. The van der Waals surface area contributed by atoms with E-state index in [-0.39, 0.29) is 53.0 Å². The predicted octanol–water partition coefficient (Wildman–Crippen LogP) is 2.12. The maximum Gasteiger partial charge on any atom is 0.311 e. The fourth-order valence-electron chi connectivity index (χ4n) is 5.71. The Morgan fingerprint density at radius 1 is 1.15 bits per heavy atom. The average Bonchev–Trinajstić information content (AvgIpc) is 3.31. The third-order valence-electron chi connectivity index (χ3n) is 6.59. The van der Waals surface area contributed by atoms with Gasteiger partial charge in [-0.1, -0.05) is 19.1 Å². The fraction of sp³-hybridized carbons (Fsp3) is 0.750. The number of allylic oxidation sites excluding steroid dienone is 2. The first kappa shape index (κ1) is 17.9. The van der Waals surface area contributed by atoms with E-state index in [1.54, 1.807) is 6.92 Å². The number of carbonyl (C=O) groups excluding carboxylic acids is 3. The molecule has 3 fully saturated rings. The molecule has 3 saturated carbocycles. The smallest absolute Gasteiger partial charge is 0.311 e. The van der Waals surface area contributed by atoms with Gasteiger partial charge in [0.05, 0.1) is 5.92 Å². The Balaban J connectivity index is 1.42. The zero-order chi connectivity index (χ0) is 18.6. The van der Waals surface area contributed by atoms with Crippen molar-refractivity contribution in [3.63, 3.8) is 0 Å². The monoisotopic (exact) mass is 362 g/mol. The quantitative estimate of drug-likeness (QED) is 0.299. The summed E-state index contributed by atoms with van der Waals surface area (Å²) >= 11 is 0. The van der Waals surface area contributed by atoms with Gasteiger partial charge in [0.25, 0.3) is 0 Å². The van der Waals surface area contributed by atoms with Crippen LogP contribution in [0.3, 0.4) is 0 Å². The second-order valence-electron chi connectivity index (χ2n) is 7.80. The zero-order valence-electron chi connectivity index (χ0n) is 15.4. The van der Waals surface area contributed by atoms with Gasteiger partial charge in [0.2, 0.25) is 6.29 Å². The summed E-state index contributed by atoms with van der Waals surface area (Å²) in [6, 6.07) is 0. The first-order chi connectivity index (χ1) is 12.5. The molecule has 4 aliphatic rings. The molecule has 0 heterocycles. The Hall–Kier alpha value is -1.53. The van der Waals surface area contributed by atoms with E-state index in [1.165, 1.54) is 0 Å². The van der Waals surface area contributed by atoms with Crippen LogP contribution in [0.25, 0.3) is 0 Å². The van der Waals surface area contributed by atoms with E-state index in [1.807, 2.05) is 26.0 Å². The van der Waals surface area contributed by atoms with Crippen LogP contribution in [0.15, 0.2) is 12.2 Å². The van der Waals surface area contributed by atoms with Crippen LogP contribution in [-0.2, 0) is 28.6 Å². The highest BCUT2D eigenvalue weighted by molar-refractivity contribution is 6.01. The summed E-state index contributed by atoms with van der Waals surface area (Å²) in [5.74, 6) is -1.19. The van der Waals surface area contributed by atoms with Crippen LogP contribution in [-0.4, -0.2) is 36.7 Å². The molecule has 6 heteroatoms. The molecule has 0 N–H and O–H groups in total. The second kappa shape index (κ2) is 6.57. The van der Waals surface area contributed by atoms with Gasteiger partial charge in [-0.2, -0.15) is 0 Å². The number of Topliss-reactive ketones (excluding diaryl/α,β-unsaturated/α-hetero) is 2. The van der Waals surface area contributed by atoms with Crippen molar-refractivity contribution in [3.05, 3.63) is 12.2 Å². The summed E-state index contributed by atoms with van der Waals surface area (Å²) in [5, 5.41) is 0. The highest BCUT2D eigenvalue weighted by Gasteiger charge is 2.69. The summed E-state index contributed by atoms with van der Waals surface area (Å²) < 4.78 is 16.5. The molecule has 142 valence electrons. The number of rotatable bonds is 7. The molecular formula is C20H26O6. The third kappa shape index (κ3) is 2.49. The Kier molecular flexibility index (Phi) is 4.51. The molecule has 4 aliphatic carbocycles. The number of esters is 1. The maximum absolute atomic E-state index is 12.7. The van der Waals surface area contributed by atoms with Gasteiger partial charge in [-0.3, -0.25) is 14.4 Å². The van der Waals surface area contributed by atoms with Gasteiger partial charge in [0.15, 0.2) is 6.29 Å². The van der Waals surface area contributed by atoms with Crippen molar-refractivity contribution < 1.29 is 28.6 Å². The zero-order valence-corrected chi connectivity index (χ0v) is 15.4. The molecule has 0 aromatic carbocycles. The minimum atomic E-state index is -0.731. The highest BCUT2D eigenvalue weighted by Crippen LogP contribution is 2.64. The van der Waals surface area contributed by atoms with Gasteiger partial charge in [0.1, 0.15) is 11.6 Å². The number of hydrogen-bond donors (Lipinski definition) is 0. The molecule has 26 heavy (non-hydrogen) atoms. The average molecular weight is 362 g/mol. The molecule has 0 amide bonds. The molecule has 9 atom stereocenters. The lowest BCUT2D eigenvalue weighted by atomic mass is 9.69. The van der Waals surface area contributed by atoms with Crippen LogP contribution >= 0.6 is 0 Å². The second-order valence-corrected chi connectivity index (χ2v) is 7.80. The van der Waals surface area contributed by atoms with Crippen LogP contribution in [0.5, 0.6) is 0 Å². The fourth-order valence-corrected chi connectivity index (χ4v) is 5.71. The topological polar surface area (TPSA) is 78.9 Å². The van der Waals surface area contributed by atoms with Gasteiger partial charge in [-0.05, 0) is 38.5 Å². The number of carbonyl (C=O) groups is 3. The van der Waals surface area contributed by atoms with E-state index in [9.17, 15) is 14.4 Å². The molecule has 4 rings (SSSR count). The molecule has 0 spiro atoms. The van der Waals surface area contributed by atoms with Crippen LogP contribution in [0, 0.1) is 41.4 Å². The number of ether oxygens (including phenoxy) is 3. The summed E-state index contributed by atoms with van der Waals surface area (Å²) in [4.78, 5) is 37.8. The van der Waals surface area contributed by atoms with Gasteiger partial charge in [0, 0.05) is 30.3 Å². The molecular weight excluding hydrogens is 336 g/mol. The van der Waals surface area contributed by atoms with E-state index in [0.717, 1.165) is 0 Å². The Labute approximate surface area is 153 Å². The Bertz CT molecular complexity index is 655. The van der Waals surface area contributed by atoms with Crippen molar-refractivity contribution in [2.75, 3.05) is 6.61 Å². The largest absolute Gasteiger partial charge is 0.436 e. The van der Waals surface area contributed by atoms with E-state index in [4.69, 9.17) is 14.2 Å². The molecule has 0 aromatic heterocycles. The van der Waals surface area contributed by atoms with E-state index in [0.29, 0.717) is 19.4 Å². The molecule has 9 unspecified atom stereocenters. The van der Waals surface area contributed by atoms with Gasteiger partial charge in [-0.25, -0.2) is 0 Å². The van der Waals surface area contributed by atoms with Crippen molar-refractivity contribution >= 4 is 17.5 Å². The van der Waals surface area contributed by atoms with E-state index in [2.05, 4.69) is 0 Å². The van der Waals surface area contributed by atoms with Gasteiger partial charge < -0.3 is 14.2 Å². The molecule has 0 aliphatic heterocycles.